The van der Waals surface area contributed by atoms with Gasteiger partial charge in [0.1, 0.15) is 0 Å². The van der Waals surface area contributed by atoms with Gasteiger partial charge >= 0.3 is 0 Å². The zero-order chi connectivity index (χ0) is 0. The van der Waals surface area contributed by atoms with Gasteiger partial charge in [0.2, 0.25) is 0 Å². The molecule has 1 radical (unpaired) electrons. The van der Waals surface area contributed by atoms with E-state index in [0.717, 1.165) is 0 Å². The first kappa shape index (κ1) is 37.4. The smallest absolute Gasteiger partial charge is 0 e. The third-order valence-corrected chi connectivity index (χ3v) is 0. The van der Waals surface area contributed by atoms with Crippen molar-refractivity contribution in [2.75, 3.05) is 0 Å². The number of hydrogen-bond donors (Lipinski definition) is 0. The van der Waals surface area contributed by atoms with Crippen molar-refractivity contribution in [3.05, 3.63) is 0 Å². The Balaban J connectivity index is 0. The van der Waals surface area contributed by atoms with Crippen molar-refractivity contribution in [2.45, 2.75) is 0 Å². The van der Waals surface area contributed by atoms with Gasteiger partial charge in [0, 0.05) is 56.7 Å². The molecular formula is H4FeSiVW. The summed E-state index contributed by atoms with van der Waals surface area (Å²) in [7, 11) is 0. The molecule has 0 aliphatic heterocycles. The molecule has 0 N–H and O–H groups in total. The minimum atomic E-state index is 0. The van der Waals surface area contributed by atoms with Gasteiger partial charge < -0.3 is 0 Å². The largest absolute Gasteiger partial charge is 0.0149 e. The molecule has 0 aromatic heterocycles. The van der Waals surface area contributed by atoms with Crippen molar-refractivity contribution in [3.63, 3.8) is 0 Å². The van der Waals surface area contributed by atoms with Crippen LogP contribution in [-0.2, 0) is 56.7 Å². The molecule has 0 spiro atoms. The van der Waals surface area contributed by atoms with E-state index in [1.54, 1.807) is 0 Å². The molecule has 0 saturated carbocycles. The topological polar surface area (TPSA) is 0 Å². The molecule has 0 bridgehead atoms. The molecule has 0 fully saturated rings. The third kappa shape index (κ3) is 8.99. The maximum atomic E-state index is 0. The molecule has 27 valence electrons. The van der Waals surface area contributed by atoms with Crippen LogP contribution in [0.1, 0.15) is 0 Å². The molecule has 4 heavy (non-hydrogen) atoms. The van der Waals surface area contributed by atoms with Crippen molar-refractivity contribution in [1.29, 1.82) is 0 Å². The molecule has 0 nitrogen and oxygen atoms in total. The van der Waals surface area contributed by atoms with E-state index in [9.17, 15) is 0 Å². The Kier molecular flexibility index (Phi) is 186. The SMILES string of the molecule is [Fe].[SiH4].[V].[W]. The van der Waals surface area contributed by atoms with E-state index in [1.807, 2.05) is 0 Å². The van der Waals surface area contributed by atoms with E-state index >= 15 is 0 Å². The van der Waals surface area contributed by atoms with Crippen LogP contribution in [0.5, 0.6) is 0 Å². The maximum Gasteiger partial charge on any atom is 0 e. The van der Waals surface area contributed by atoms with Crippen molar-refractivity contribution >= 4 is 11.0 Å². The van der Waals surface area contributed by atoms with Gasteiger partial charge in [-0.25, -0.2) is 0 Å². The Morgan fingerprint density at radius 1 is 1.00 bits per heavy atom. The number of rotatable bonds is 0. The van der Waals surface area contributed by atoms with Crippen LogP contribution in [0.25, 0.3) is 0 Å². The average Bonchev–Trinajstić information content (AvgIpc) is 0. The third-order valence-electron chi connectivity index (χ3n) is 0. The zero-order valence-corrected chi connectivity index (χ0v) is 6.64. The van der Waals surface area contributed by atoms with Crippen LogP contribution in [0.2, 0.25) is 0 Å². The van der Waals surface area contributed by atoms with E-state index in [2.05, 4.69) is 0 Å². The van der Waals surface area contributed by atoms with Crippen molar-refractivity contribution in [1.82, 2.24) is 0 Å². The monoisotopic (exact) mass is 323 g/mol. The molecule has 0 amide bonds. The molecule has 0 aliphatic rings. The molecule has 0 aliphatic carbocycles. The summed E-state index contributed by atoms with van der Waals surface area (Å²) in [6.07, 6.45) is 0. The van der Waals surface area contributed by atoms with Gasteiger partial charge in [-0.3, -0.25) is 0 Å². The fraction of sp³-hybridized carbons (Fsp3) is 0. The quantitative estimate of drug-likeness (QED) is 0.478. The fourth-order valence-corrected chi connectivity index (χ4v) is 0. The molecule has 0 saturated heterocycles. The van der Waals surface area contributed by atoms with E-state index in [0.29, 0.717) is 0 Å². The molecule has 0 aromatic rings. The van der Waals surface area contributed by atoms with Crippen LogP contribution in [0.3, 0.4) is 0 Å². The molecule has 0 heterocycles. The first-order valence-corrected chi connectivity index (χ1v) is 0. The Morgan fingerprint density at radius 2 is 1.00 bits per heavy atom. The minimum absolute atomic E-state index is 0. The summed E-state index contributed by atoms with van der Waals surface area (Å²) in [5.41, 5.74) is 0. The van der Waals surface area contributed by atoms with E-state index in [4.69, 9.17) is 0 Å². The van der Waals surface area contributed by atoms with Gasteiger partial charge in [0.05, 0.1) is 0 Å². The molecule has 0 aromatic carbocycles. The second kappa shape index (κ2) is 19.9. The summed E-state index contributed by atoms with van der Waals surface area (Å²) >= 11 is 0. The van der Waals surface area contributed by atoms with Crippen LogP contribution in [0, 0.1) is 0 Å². The molecule has 0 unspecified atom stereocenters. The fourth-order valence-electron chi connectivity index (χ4n) is 0. The Bertz CT molecular complexity index is 8.00. The Morgan fingerprint density at radius 3 is 1.00 bits per heavy atom. The van der Waals surface area contributed by atoms with Gasteiger partial charge in [0.25, 0.3) is 0 Å². The molecule has 0 atom stereocenters. The van der Waals surface area contributed by atoms with E-state index < -0.39 is 0 Å². The van der Waals surface area contributed by atoms with Crippen LogP contribution in [-0.4, -0.2) is 11.0 Å². The minimum Gasteiger partial charge on any atom is -0.0149 e. The Labute approximate surface area is 67.1 Å². The van der Waals surface area contributed by atoms with Gasteiger partial charge in [0.15, 0.2) is 0 Å². The summed E-state index contributed by atoms with van der Waals surface area (Å²) in [5.74, 6) is 0. The standard InChI is InChI=1S/Fe.H4Si.V.W/h;1H4;;. The normalized spacial score (nSPS) is 0. The number of hydrogen-bond acceptors (Lipinski definition) is 0. The van der Waals surface area contributed by atoms with Crippen LogP contribution in [0.15, 0.2) is 0 Å². The predicted octanol–water partition coefficient (Wildman–Crippen LogP) is -1.46. The van der Waals surface area contributed by atoms with E-state index in [1.165, 1.54) is 0 Å². The summed E-state index contributed by atoms with van der Waals surface area (Å²) in [6, 6.07) is 0. The van der Waals surface area contributed by atoms with Gasteiger partial charge in [-0.05, 0) is 11.0 Å². The van der Waals surface area contributed by atoms with Gasteiger partial charge in [-0.1, -0.05) is 0 Å². The second-order valence-electron chi connectivity index (χ2n) is 0. The van der Waals surface area contributed by atoms with Crippen LogP contribution >= 0.6 is 0 Å². The first-order valence-electron chi connectivity index (χ1n) is 0. The predicted molar refractivity (Wildman–Crippen MR) is 11.3 cm³/mol. The first-order chi connectivity index (χ1) is 0. The van der Waals surface area contributed by atoms with Gasteiger partial charge in [-0.2, -0.15) is 0 Å². The zero-order valence-electron chi connectivity index (χ0n) is 1.21. The molecule has 4 heteroatoms. The van der Waals surface area contributed by atoms with Crippen LogP contribution < -0.4 is 0 Å². The van der Waals surface area contributed by atoms with E-state index in [-0.39, 0.29) is 67.7 Å². The Hall–Kier alpha value is 2.01. The van der Waals surface area contributed by atoms with Crippen molar-refractivity contribution < 1.29 is 56.7 Å². The van der Waals surface area contributed by atoms with Crippen molar-refractivity contribution in [3.8, 4) is 0 Å². The van der Waals surface area contributed by atoms with Gasteiger partial charge in [-0.15, -0.1) is 0 Å². The molecular weight excluding hydrogens is 319 g/mol. The van der Waals surface area contributed by atoms with Crippen molar-refractivity contribution in [2.24, 2.45) is 0 Å². The summed E-state index contributed by atoms with van der Waals surface area (Å²) in [4.78, 5) is 0. The second-order valence-corrected chi connectivity index (χ2v) is 0. The maximum absolute atomic E-state index is 0. The molecule has 0 rings (SSSR count). The van der Waals surface area contributed by atoms with Crippen LogP contribution in [0.4, 0.5) is 0 Å². The average molecular weight is 323 g/mol. The summed E-state index contributed by atoms with van der Waals surface area (Å²) < 4.78 is 0. The summed E-state index contributed by atoms with van der Waals surface area (Å²) in [6.45, 7) is 0. The summed E-state index contributed by atoms with van der Waals surface area (Å²) in [5, 5.41) is 0.